The number of aryl methyl sites for hydroxylation is 1. The van der Waals surface area contributed by atoms with Gasteiger partial charge < -0.3 is 10.1 Å². The number of aliphatic carboxylic acids is 1. The lowest BCUT2D eigenvalue weighted by atomic mass is 10.2. The van der Waals surface area contributed by atoms with Gasteiger partial charge in [-0.05, 0) is 25.1 Å². The molecule has 2 N–H and O–H groups in total. The van der Waals surface area contributed by atoms with E-state index >= 15 is 0 Å². The molecule has 0 spiro atoms. The smallest absolute Gasteiger partial charge is 0.328 e. The topological polar surface area (TPSA) is 66.0 Å². The van der Waals surface area contributed by atoms with Crippen LogP contribution in [0.2, 0.25) is 0 Å². The summed E-state index contributed by atoms with van der Waals surface area (Å²) in [5.74, 6) is -0.257. The van der Waals surface area contributed by atoms with E-state index in [9.17, 15) is 4.79 Å². The average Bonchev–Trinajstić information content (AvgIpc) is 2.69. The first-order valence-corrected chi connectivity index (χ1v) is 6.09. The van der Waals surface area contributed by atoms with Gasteiger partial charge in [0, 0.05) is 21.8 Å². The highest BCUT2D eigenvalue weighted by Crippen LogP contribution is 2.21. The fourth-order valence-corrected chi connectivity index (χ4v) is 1.80. The third-order valence-electron chi connectivity index (χ3n) is 2.42. The van der Waals surface area contributed by atoms with Crippen LogP contribution in [0.15, 0.2) is 34.8 Å². The predicted octanol–water partition coefficient (Wildman–Crippen LogP) is 3.25. The molecule has 2 aromatic rings. The van der Waals surface area contributed by atoms with Crippen LogP contribution in [0.3, 0.4) is 0 Å². The van der Waals surface area contributed by atoms with Crippen LogP contribution in [0.4, 0.5) is 0 Å². The highest BCUT2D eigenvalue weighted by atomic mass is 79.9. The van der Waals surface area contributed by atoms with Gasteiger partial charge in [-0.25, -0.2) is 9.78 Å². The van der Waals surface area contributed by atoms with Crippen LogP contribution in [-0.2, 0) is 4.79 Å². The second kappa shape index (κ2) is 5.18. The Bertz CT molecular complexity index is 600. The van der Waals surface area contributed by atoms with Gasteiger partial charge in [0.15, 0.2) is 0 Å². The monoisotopic (exact) mass is 306 g/mol. The Morgan fingerprint density at radius 1 is 1.39 bits per heavy atom. The highest BCUT2D eigenvalue weighted by Gasteiger charge is 2.06. The predicted molar refractivity (Wildman–Crippen MR) is 73.1 cm³/mol. The van der Waals surface area contributed by atoms with Crippen molar-refractivity contribution in [2.75, 3.05) is 0 Å². The number of imidazole rings is 1. The second-order valence-corrected chi connectivity index (χ2v) is 4.69. The minimum atomic E-state index is -0.984. The van der Waals surface area contributed by atoms with Crippen molar-refractivity contribution in [3.8, 4) is 11.4 Å². The van der Waals surface area contributed by atoms with E-state index in [1.54, 1.807) is 0 Å². The van der Waals surface area contributed by atoms with Crippen molar-refractivity contribution in [1.82, 2.24) is 9.97 Å². The molecule has 2 rings (SSSR count). The van der Waals surface area contributed by atoms with E-state index in [2.05, 4.69) is 25.9 Å². The summed E-state index contributed by atoms with van der Waals surface area (Å²) >= 11 is 3.37. The summed E-state index contributed by atoms with van der Waals surface area (Å²) in [5.41, 5.74) is 2.43. The van der Waals surface area contributed by atoms with Crippen LogP contribution >= 0.6 is 15.9 Å². The Labute approximate surface area is 113 Å². The average molecular weight is 307 g/mol. The Morgan fingerprint density at radius 2 is 2.06 bits per heavy atom. The fraction of sp³-hybridized carbons (Fsp3) is 0.0769. The Morgan fingerprint density at radius 3 is 2.67 bits per heavy atom. The number of carboxylic acids is 1. The zero-order valence-electron chi connectivity index (χ0n) is 9.64. The molecule has 0 saturated heterocycles. The van der Waals surface area contributed by atoms with Crippen LogP contribution in [-0.4, -0.2) is 21.0 Å². The number of halogens is 1. The lowest BCUT2D eigenvalue weighted by Gasteiger charge is -1.95. The number of H-pyrrole nitrogens is 1. The quantitative estimate of drug-likeness (QED) is 0.856. The van der Waals surface area contributed by atoms with Gasteiger partial charge in [-0.2, -0.15) is 0 Å². The third kappa shape index (κ3) is 2.87. The molecule has 1 aromatic carbocycles. The van der Waals surface area contributed by atoms with E-state index in [0.29, 0.717) is 5.69 Å². The first kappa shape index (κ1) is 12.6. The van der Waals surface area contributed by atoms with E-state index in [1.165, 1.54) is 6.08 Å². The lowest BCUT2D eigenvalue weighted by Crippen LogP contribution is -1.86. The summed E-state index contributed by atoms with van der Waals surface area (Å²) in [5, 5.41) is 8.59. The SMILES string of the molecule is Cc1[nH]c(-c2ccc(Br)cc2)nc1/C=C/C(=O)O. The van der Waals surface area contributed by atoms with Crippen molar-refractivity contribution < 1.29 is 9.90 Å². The molecule has 0 bridgehead atoms. The molecular formula is C13H11BrN2O2. The van der Waals surface area contributed by atoms with Crippen molar-refractivity contribution in [3.05, 3.63) is 46.2 Å². The Kier molecular flexibility index (Phi) is 3.62. The summed E-state index contributed by atoms with van der Waals surface area (Å²) in [6.07, 6.45) is 2.56. The van der Waals surface area contributed by atoms with Crippen molar-refractivity contribution in [3.63, 3.8) is 0 Å². The zero-order valence-corrected chi connectivity index (χ0v) is 11.2. The summed E-state index contributed by atoms with van der Waals surface area (Å²) in [6, 6.07) is 7.74. The molecule has 0 amide bonds. The summed E-state index contributed by atoms with van der Waals surface area (Å²) in [7, 11) is 0. The number of nitrogens with zero attached hydrogens (tertiary/aromatic N) is 1. The van der Waals surface area contributed by atoms with E-state index < -0.39 is 5.97 Å². The summed E-state index contributed by atoms with van der Waals surface area (Å²) < 4.78 is 1.00. The van der Waals surface area contributed by atoms with Crippen molar-refractivity contribution in [2.45, 2.75) is 6.92 Å². The minimum Gasteiger partial charge on any atom is -0.478 e. The van der Waals surface area contributed by atoms with E-state index in [0.717, 1.165) is 27.6 Å². The molecule has 5 heteroatoms. The van der Waals surface area contributed by atoms with Crippen LogP contribution in [0, 0.1) is 6.92 Å². The van der Waals surface area contributed by atoms with Gasteiger partial charge in [0.25, 0.3) is 0 Å². The molecule has 0 unspecified atom stereocenters. The molecule has 92 valence electrons. The molecule has 0 radical (unpaired) electrons. The fourth-order valence-electron chi connectivity index (χ4n) is 1.53. The van der Waals surface area contributed by atoms with Gasteiger partial charge in [-0.1, -0.05) is 28.1 Å². The summed E-state index contributed by atoms with van der Waals surface area (Å²) in [6.45, 7) is 1.86. The lowest BCUT2D eigenvalue weighted by molar-refractivity contribution is -0.131. The van der Waals surface area contributed by atoms with E-state index in [1.807, 2.05) is 31.2 Å². The number of benzene rings is 1. The molecule has 0 atom stereocenters. The molecule has 1 heterocycles. The zero-order chi connectivity index (χ0) is 13.1. The molecule has 0 aliphatic carbocycles. The molecule has 18 heavy (non-hydrogen) atoms. The number of carboxylic acid groups (broad SMARTS) is 1. The van der Waals surface area contributed by atoms with Gasteiger partial charge in [-0.3, -0.25) is 0 Å². The number of rotatable bonds is 3. The normalized spacial score (nSPS) is 11.0. The van der Waals surface area contributed by atoms with Crippen LogP contribution in [0.25, 0.3) is 17.5 Å². The standard InChI is InChI=1S/C13H11BrN2O2/c1-8-11(6-7-12(17)18)16-13(15-8)9-2-4-10(14)5-3-9/h2-7H,1H3,(H,15,16)(H,17,18)/b7-6+. The first-order valence-electron chi connectivity index (χ1n) is 5.30. The molecule has 0 fully saturated rings. The Balaban J connectivity index is 2.34. The molecule has 0 saturated carbocycles. The van der Waals surface area contributed by atoms with Crippen LogP contribution < -0.4 is 0 Å². The number of hydrogen-bond acceptors (Lipinski definition) is 2. The van der Waals surface area contributed by atoms with Gasteiger partial charge >= 0.3 is 5.97 Å². The molecule has 1 aromatic heterocycles. The molecular weight excluding hydrogens is 296 g/mol. The number of aromatic nitrogens is 2. The Hall–Kier alpha value is -1.88. The number of nitrogens with one attached hydrogen (secondary N) is 1. The second-order valence-electron chi connectivity index (χ2n) is 3.77. The van der Waals surface area contributed by atoms with Crippen LogP contribution in [0.5, 0.6) is 0 Å². The maximum atomic E-state index is 10.5. The maximum absolute atomic E-state index is 10.5. The van der Waals surface area contributed by atoms with Gasteiger partial charge in [0.1, 0.15) is 5.82 Å². The van der Waals surface area contributed by atoms with Crippen molar-refractivity contribution in [1.29, 1.82) is 0 Å². The van der Waals surface area contributed by atoms with Crippen molar-refractivity contribution >= 4 is 28.0 Å². The number of hydrogen-bond donors (Lipinski definition) is 2. The van der Waals surface area contributed by atoms with E-state index in [4.69, 9.17) is 5.11 Å². The van der Waals surface area contributed by atoms with Crippen molar-refractivity contribution in [2.24, 2.45) is 0 Å². The maximum Gasteiger partial charge on any atom is 0.328 e. The summed E-state index contributed by atoms with van der Waals surface area (Å²) in [4.78, 5) is 18.0. The largest absolute Gasteiger partial charge is 0.478 e. The van der Waals surface area contributed by atoms with Crippen LogP contribution in [0.1, 0.15) is 11.4 Å². The minimum absolute atomic E-state index is 0.635. The number of aromatic amines is 1. The van der Waals surface area contributed by atoms with E-state index in [-0.39, 0.29) is 0 Å². The van der Waals surface area contributed by atoms with Gasteiger partial charge in [0.05, 0.1) is 5.69 Å². The molecule has 0 aliphatic rings. The molecule has 4 nitrogen and oxygen atoms in total. The molecule has 0 aliphatic heterocycles. The number of carbonyl (C=O) groups is 1. The van der Waals surface area contributed by atoms with Gasteiger partial charge in [0.2, 0.25) is 0 Å². The third-order valence-corrected chi connectivity index (χ3v) is 2.95. The highest BCUT2D eigenvalue weighted by molar-refractivity contribution is 9.10. The van der Waals surface area contributed by atoms with Gasteiger partial charge in [-0.15, -0.1) is 0 Å². The first-order chi connectivity index (χ1) is 8.56.